The van der Waals surface area contributed by atoms with Crippen LogP contribution in [0.3, 0.4) is 0 Å². The van der Waals surface area contributed by atoms with E-state index in [1.54, 1.807) is 0 Å². The van der Waals surface area contributed by atoms with E-state index in [2.05, 4.69) is 42.2 Å². The number of hydrogen-bond acceptors (Lipinski definition) is 2. The van der Waals surface area contributed by atoms with Crippen molar-refractivity contribution >= 4 is 0 Å². The van der Waals surface area contributed by atoms with Crippen molar-refractivity contribution in [2.45, 2.75) is 56.9 Å². The molecule has 2 nitrogen and oxygen atoms in total. The fourth-order valence-corrected chi connectivity index (χ4v) is 4.45. The number of hydrogen-bond donors (Lipinski definition) is 1. The van der Waals surface area contributed by atoms with Gasteiger partial charge in [0.25, 0.3) is 0 Å². The Bertz CT molecular complexity index is 444. The van der Waals surface area contributed by atoms with Gasteiger partial charge in [-0.15, -0.1) is 0 Å². The second kappa shape index (κ2) is 6.50. The van der Waals surface area contributed by atoms with Crippen molar-refractivity contribution in [3.05, 3.63) is 35.9 Å². The zero-order valence-corrected chi connectivity index (χ0v) is 13.3. The van der Waals surface area contributed by atoms with Gasteiger partial charge in [-0.05, 0) is 43.7 Å². The normalized spacial score (nSPS) is 29.6. The highest BCUT2D eigenvalue weighted by Crippen LogP contribution is 2.37. The minimum absolute atomic E-state index is 0.138. The molecule has 1 aliphatic carbocycles. The highest BCUT2D eigenvalue weighted by molar-refractivity contribution is 5.25. The van der Waals surface area contributed by atoms with Gasteiger partial charge in [0.1, 0.15) is 0 Å². The molecule has 0 aromatic heterocycles. The molecule has 1 heterocycles. The molecule has 1 N–H and O–H groups in total. The summed E-state index contributed by atoms with van der Waals surface area (Å²) < 4.78 is 0. The summed E-state index contributed by atoms with van der Waals surface area (Å²) in [6.45, 7) is 4.65. The van der Waals surface area contributed by atoms with Gasteiger partial charge in [0, 0.05) is 18.0 Å². The van der Waals surface area contributed by atoms with Crippen LogP contribution in [0.1, 0.15) is 51.0 Å². The molecule has 2 fully saturated rings. The predicted octanol–water partition coefficient (Wildman–Crippen LogP) is 3.59. The quantitative estimate of drug-likeness (QED) is 0.915. The van der Waals surface area contributed by atoms with E-state index in [1.807, 2.05) is 0 Å². The van der Waals surface area contributed by atoms with Crippen molar-refractivity contribution < 1.29 is 5.11 Å². The summed E-state index contributed by atoms with van der Waals surface area (Å²) in [6, 6.07) is 11.3. The minimum atomic E-state index is -0.138. The molecule has 3 rings (SSSR count). The summed E-state index contributed by atoms with van der Waals surface area (Å²) in [5.74, 6) is 0.909. The third kappa shape index (κ3) is 3.17. The van der Waals surface area contributed by atoms with Crippen LogP contribution >= 0.6 is 0 Å². The second-order valence-corrected chi connectivity index (χ2v) is 7.31. The van der Waals surface area contributed by atoms with E-state index in [0.717, 1.165) is 18.5 Å². The Labute approximate surface area is 129 Å². The Morgan fingerprint density at radius 2 is 1.81 bits per heavy atom. The van der Waals surface area contributed by atoms with Crippen LogP contribution < -0.4 is 0 Å². The lowest BCUT2D eigenvalue weighted by Crippen LogP contribution is -2.52. The Morgan fingerprint density at radius 1 is 1.10 bits per heavy atom. The van der Waals surface area contributed by atoms with Gasteiger partial charge >= 0.3 is 0 Å². The largest absolute Gasteiger partial charge is 0.395 e. The van der Waals surface area contributed by atoms with Crippen molar-refractivity contribution in [3.63, 3.8) is 0 Å². The molecular weight excluding hydrogens is 258 g/mol. The zero-order chi connectivity index (χ0) is 14.7. The Balaban J connectivity index is 1.76. The van der Waals surface area contributed by atoms with Crippen LogP contribution in [-0.2, 0) is 5.41 Å². The molecule has 21 heavy (non-hydrogen) atoms. The maximum absolute atomic E-state index is 10.0. The molecule has 3 atom stereocenters. The molecular formula is C19H29NO. The molecule has 1 aromatic carbocycles. The topological polar surface area (TPSA) is 23.5 Å². The summed E-state index contributed by atoms with van der Waals surface area (Å²) >= 11 is 0. The van der Waals surface area contributed by atoms with E-state index in [-0.39, 0.29) is 12.0 Å². The van der Waals surface area contributed by atoms with Crippen molar-refractivity contribution in [2.24, 2.45) is 5.92 Å². The third-order valence-corrected chi connectivity index (χ3v) is 5.73. The molecule has 1 saturated carbocycles. The maximum atomic E-state index is 10.0. The number of rotatable bonds is 4. The summed E-state index contributed by atoms with van der Waals surface area (Å²) in [7, 11) is 0. The lowest BCUT2D eigenvalue weighted by molar-refractivity contribution is 0.0323. The molecule has 0 bridgehead atoms. The minimum Gasteiger partial charge on any atom is -0.395 e. The van der Waals surface area contributed by atoms with Crippen LogP contribution in [0.4, 0.5) is 0 Å². The summed E-state index contributed by atoms with van der Waals surface area (Å²) in [6.07, 6.45) is 8.34. The first-order valence-electron chi connectivity index (χ1n) is 8.63. The standard InChI is InChI=1S/C19H29NO/c1-19(15-21,17-10-3-2-4-11-17)14-20-13-7-9-16-8-5-6-12-18(16)20/h2-4,10-11,16,18,21H,5-9,12-15H2,1H3. The number of fused-ring (bicyclic) bond motifs is 1. The second-order valence-electron chi connectivity index (χ2n) is 7.31. The van der Waals surface area contributed by atoms with Gasteiger partial charge in [-0.2, -0.15) is 0 Å². The van der Waals surface area contributed by atoms with Crippen LogP contribution in [0.25, 0.3) is 0 Å². The maximum Gasteiger partial charge on any atom is 0.0537 e. The van der Waals surface area contributed by atoms with Crippen LogP contribution in [0.5, 0.6) is 0 Å². The highest BCUT2D eigenvalue weighted by Gasteiger charge is 2.37. The molecule has 2 heteroatoms. The molecule has 1 aliphatic heterocycles. The Morgan fingerprint density at radius 3 is 2.57 bits per heavy atom. The molecule has 2 aliphatic rings. The van der Waals surface area contributed by atoms with Gasteiger partial charge < -0.3 is 5.11 Å². The zero-order valence-electron chi connectivity index (χ0n) is 13.3. The van der Waals surface area contributed by atoms with Gasteiger partial charge in [0.15, 0.2) is 0 Å². The number of piperidine rings is 1. The highest BCUT2D eigenvalue weighted by atomic mass is 16.3. The fraction of sp³-hybridized carbons (Fsp3) is 0.684. The molecule has 3 unspecified atom stereocenters. The third-order valence-electron chi connectivity index (χ3n) is 5.73. The first-order chi connectivity index (χ1) is 10.2. The van der Waals surface area contributed by atoms with Crippen LogP contribution in [-0.4, -0.2) is 35.7 Å². The number of likely N-dealkylation sites (tertiary alicyclic amines) is 1. The first-order valence-corrected chi connectivity index (χ1v) is 8.63. The predicted molar refractivity (Wildman–Crippen MR) is 87.4 cm³/mol. The van der Waals surface area contributed by atoms with Gasteiger partial charge in [0.05, 0.1) is 6.61 Å². The average Bonchev–Trinajstić information content (AvgIpc) is 2.56. The van der Waals surface area contributed by atoms with E-state index < -0.39 is 0 Å². The molecule has 1 saturated heterocycles. The van der Waals surface area contributed by atoms with Crippen molar-refractivity contribution in [1.82, 2.24) is 4.90 Å². The van der Waals surface area contributed by atoms with Crippen molar-refractivity contribution in [1.29, 1.82) is 0 Å². The van der Waals surface area contributed by atoms with Crippen LogP contribution in [0, 0.1) is 5.92 Å². The molecule has 0 radical (unpaired) electrons. The monoisotopic (exact) mass is 287 g/mol. The SMILES string of the molecule is CC(CO)(CN1CCCC2CCCCC21)c1ccccc1. The van der Waals surface area contributed by atoms with Gasteiger partial charge in [-0.3, -0.25) is 4.90 Å². The van der Waals surface area contributed by atoms with Crippen LogP contribution in [0.2, 0.25) is 0 Å². The number of benzene rings is 1. The van der Waals surface area contributed by atoms with Crippen LogP contribution in [0.15, 0.2) is 30.3 Å². The molecule has 1 aromatic rings. The average molecular weight is 287 g/mol. The van der Waals surface area contributed by atoms with E-state index in [1.165, 1.54) is 50.6 Å². The summed E-state index contributed by atoms with van der Waals surface area (Å²) in [4.78, 5) is 2.69. The van der Waals surface area contributed by atoms with E-state index in [0.29, 0.717) is 0 Å². The van der Waals surface area contributed by atoms with Gasteiger partial charge in [-0.25, -0.2) is 0 Å². The Kier molecular flexibility index (Phi) is 4.66. The molecule has 116 valence electrons. The first kappa shape index (κ1) is 15.1. The van der Waals surface area contributed by atoms with Crippen molar-refractivity contribution in [3.8, 4) is 0 Å². The van der Waals surface area contributed by atoms with E-state index in [9.17, 15) is 5.11 Å². The Hall–Kier alpha value is -0.860. The fourth-order valence-electron chi connectivity index (χ4n) is 4.45. The molecule has 0 amide bonds. The summed E-state index contributed by atoms with van der Waals surface area (Å²) in [5, 5.41) is 10.0. The van der Waals surface area contributed by atoms with Gasteiger partial charge in [0.2, 0.25) is 0 Å². The number of nitrogens with zero attached hydrogens (tertiary/aromatic N) is 1. The lowest BCUT2D eigenvalue weighted by Gasteiger charge is -2.47. The lowest BCUT2D eigenvalue weighted by atomic mass is 9.76. The smallest absolute Gasteiger partial charge is 0.0537 e. The molecule has 0 spiro atoms. The van der Waals surface area contributed by atoms with Gasteiger partial charge in [-0.1, -0.05) is 50.1 Å². The van der Waals surface area contributed by atoms with Crippen molar-refractivity contribution in [2.75, 3.05) is 19.7 Å². The van der Waals surface area contributed by atoms with E-state index >= 15 is 0 Å². The number of aliphatic hydroxyl groups excluding tert-OH is 1. The summed E-state index contributed by atoms with van der Waals surface area (Å²) in [5.41, 5.74) is 1.13. The number of aliphatic hydroxyl groups is 1. The van der Waals surface area contributed by atoms with E-state index in [4.69, 9.17) is 0 Å².